The van der Waals surface area contributed by atoms with Crippen molar-refractivity contribution in [3.05, 3.63) is 34.0 Å². The van der Waals surface area contributed by atoms with Gasteiger partial charge in [0.1, 0.15) is 10.6 Å². The van der Waals surface area contributed by atoms with Gasteiger partial charge in [0.2, 0.25) is 0 Å². The third-order valence-corrected chi connectivity index (χ3v) is 2.93. The van der Waals surface area contributed by atoms with Crippen LogP contribution < -0.4 is 5.43 Å². The number of ether oxygens (including phenoxy) is 1. The predicted molar refractivity (Wildman–Crippen MR) is 84.7 cm³/mol. The molecule has 0 saturated heterocycles. The van der Waals surface area contributed by atoms with Crippen LogP contribution in [0.1, 0.15) is 32.4 Å². The summed E-state index contributed by atoms with van der Waals surface area (Å²) in [5.41, 5.74) is 3.12. The van der Waals surface area contributed by atoms with Gasteiger partial charge in [-0.15, -0.1) is 0 Å². The molecule has 0 aliphatic heterocycles. The van der Waals surface area contributed by atoms with Crippen LogP contribution in [0.15, 0.2) is 27.8 Å². The Hall–Kier alpha value is -3.17. The summed E-state index contributed by atoms with van der Waals surface area (Å²) in [5, 5.41) is 18.9. The standard InChI is InChI=1S/C14H17N5O5/c1-4-23-14(20)16-15-7-10-8-18(9(2)3)17-13(10)11-5-6-12(24-11)19(21)22/h5-9H,4H2,1-3H3,(H,16,20)/b15-7+. The molecule has 10 nitrogen and oxygen atoms in total. The molecule has 0 aliphatic rings. The number of hydrogen-bond donors (Lipinski definition) is 1. The third-order valence-electron chi connectivity index (χ3n) is 2.93. The molecule has 2 aromatic rings. The monoisotopic (exact) mass is 335 g/mol. The fourth-order valence-electron chi connectivity index (χ4n) is 1.83. The van der Waals surface area contributed by atoms with E-state index >= 15 is 0 Å². The van der Waals surface area contributed by atoms with Gasteiger partial charge in [-0.3, -0.25) is 14.8 Å². The first-order chi connectivity index (χ1) is 11.4. The lowest BCUT2D eigenvalue weighted by Gasteiger charge is -2.02. The van der Waals surface area contributed by atoms with Crippen molar-refractivity contribution in [3.63, 3.8) is 0 Å². The number of aromatic nitrogens is 2. The van der Waals surface area contributed by atoms with Gasteiger partial charge >= 0.3 is 12.0 Å². The molecule has 0 unspecified atom stereocenters. The molecule has 2 heterocycles. The molecule has 24 heavy (non-hydrogen) atoms. The maximum absolute atomic E-state index is 11.2. The molecular formula is C14H17N5O5. The highest BCUT2D eigenvalue weighted by Crippen LogP contribution is 2.27. The van der Waals surface area contributed by atoms with E-state index in [0.29, 0.717) is 11.3 Å². The van der Waals surface area contributed by atoms with E-state index in [1.807, 2.05) is 13.8 Å². The number of carbonyl (C=O) groups is 1. The topological polar surface area (TPSA) is 125 Å². The van der Waals surface area contributed by atoms with Crippen molar-refractivity contribution in [2.75, 3.05) is 6.61 Å². The van der Waals surface area contributed by atoms with Crippen LogP contribution in [0, 0.1) is 10.1 Å². The Morgan fingerprint density at radius 2 is 2.33 bits per heavy atom. The van der Waals surface area contributed by atoms with Crippen LogP contribution in [0.25, 0.3) is 11.5 Å². The normalized spacial score (nSPS) is 11.2. The molecule has 0 radical (unpaired) electrons. The molecule has 0 aromatic carbocycles. The van der Waals surface area contributed by atoms with Crippen molar-refractivity contribution in [2.24, 2.45) is 5.10 Å². The fraction of sp³-hybridized carbons (Fsp3) is 0.357. The van der Waals surface area contributed by atoms with Gasteiger partial charge in [-0.05, 0) is 26.8 Å². The van der Waals surface area contributed by atoms with Crippen LogP contribution in [-0.4, -0.2) is 33.6 Å². The SMILES string of the molecule is CCOC(=O)N/N=C/c1cn(C(C)C)nc1-c1ccc([N+](=O)[O-])o1. The number of carbonyl (C=O) groups excluding carboxylic acids is 1. The van der Waals surface area contributed by atoms with Crippen molar-refractivity contribution >= 4 is 18.2 Å². The molecule has 1 amide bonds. The first kappa shape index (κ1) is 17.2. The smallest absolute Gasteiger partial charge is 0.433 e. The number of nitro groups is 1. The number of nitrogens with one attached hydrogen (secondary N) is 1. The minimum absolute atomic E-state index is 0.0638. The largest absolute Gasteiger partial charge is 0.449 e. The molecule has 128 valence electrons. The average Bonchev–Trinajstić information content (AvgIpc) is 3.13. The molecule has 0 atom stereocenters. The molecule has 0 aliphatic carbocycles. The fourth-order valence-corrected chi connectivity index (χ4v) is 1.83. The lowest BCUT2D eigenvalue weighted by molar-refractivity contribution is -0.401. The second kappa shape index (κ2) is 7.40. The van der Waals surface area contributed by atoms with Gasteiger partial charge in [0.05, 0.1) is 18.9 Å². The Morgan fingerprint density at radius 1 is 1.58 bits per heavy atom. The van der Waals surface area contributed by atoms with Crippen molar-refractivity contribution in [1.82, 2.24) is 15.2 Å². The number of hydrazone groups is 1. The molecule has 10 heteroatoms. The number of nitrogens with zero attached hydrogens (tertiary/aromatic N) is 4. The van der Waals surface area contributed by atoms with Crippen molar-refractivity contribution in [3.8, 4) is 11.5 Å². The van der Waals surface area contributed by atoms with Gasteiger partial charge in [-0.2, -0.15) is 10.2 Å². The number of rotatable bonds is 6. The van der Waals surface area contributed by atoms with E-state index in [-0.39, 0.29) is 24.3 Å². The van der Waals surface area contributed by atoms with E-state index in [9.17, 15) is 14.9 Å². The summed E-state index contributed by atoms with van der Waals surface area (Å²) < 4.78 is 11.5. The predicted octanol–water partition coefficient (Wildman–Crippen LogP) is 2.71. The van der Waals surface area contributed by atoms with Gasteiger partial charge in [0, 0.05) is 17.8 Å². The van der Waals surface area contributed by atoms with E-state index in [0.717, 1.165) is 0 Å². The Kier molecular flexibility index (Phi) is 5.30. The molecule has 2 aromatic heterocycles. The van der Waals surface area contributed by atoms with Crippen LogP contribution in [0.5, 0.6) is 0 Å². The number of amides is 1. The minimum Gasteiger partial charge on any atom is -0.449 e. The van der Waals surface area contributed by atoms with Gasteiger partial charge in [0.25, 0.3) is 0 Å². The van der Waals surface area contributed by atoms with E-state index in [1.54, 1.807) is 17.8 Å². The quantitative estimate of drug-likeness (QED) is 0.491. The average molecular weight is 335 g/mol. The van der Waals surface area contributed by atoms with E-state index in [1.165, 1.54) is 18.3 Å². The zero-order chi connectivity index (χ0) is 17.7. The highest BCUT2D eigenvalue weighted by Gasteiger charge is 2.19. The second-order valence-corrected chi connectivity index (χ2v) is 4.99. The summed E-state index contributed by atoms with van der Waals surface area (Å²) in [4.78, 5) is 21.3. The summed E-state index contributed by atoms with van der Waals surface area (Å²) in [6.45, 7) is 5.77. The first-order valence-electron chi connectivity index (χ1n) is 7.22. The van der Waals surface area contributed by atoms with Gasteiger partial charge in [-0.25, -0.2) is 10.2 Å². The maximum Gasteiger partial charge on any atom is 0.433 e. The lowest BCUT2D eigenvalue weighted by Crippen LogP contribution is -2.18. The van der Waals surface area contributed by atoms with Crippen LogP contribution in [0.2, 0.25) is 0 Å². The van der Waals surface area contributed by atoms with Gasteiger partial charge in [-0.1, -0.05) is 0 Å². The summed E-state index contributed by atoms with van der Waals surface area (Å²) in [6.07, 6.45) is 2.39. The maximum atomic E-state index is 11.2. The Labute approximate surface area is 137 Å². The molecular weight excluding hydrogens is 318 g/mol. The lowest BCUT2D eigenvalue weighted by atomic mass is 10.2. The Bertz CT molecular complexity index is 761. The summed E-state index contributed by atoms with van der Waals surface area (Å²) in [6, 6.07) is 2.77. The van der Waals surface area contributed by atoms with E-state index in [2.05, 4.69) is 20.4 Å². The first-order valence-corrected chi connectivity index (χ1v) is 7.22. The van der Waals surface area contributed by atoms with E-state index < -0.39 is 11.0 Å². The minimum atomic E-state index is -0.680. The zero-order valence-electron chi connectivity index (χ0n) is 13.4. The van der Waals surface area contributed by atoms with Gasteiger partial charge in [0.15, 0.2) is 5.76 Å². The number of furan rings is 1. The van der Waals surface area contributed by atoms with Crippen LogP contribution >= 0.6 is 0 Å². The summed E-state index contributed by atoms with van der Waals surface area (Å²) in [7, 11) is 0. The highest BCUT2D eigenvalue weighted by molar-refractivity contribution is 5.88. The molecule has 1 N–H and O–H groups in total. The van der Waals surface area contributed by atoms with Crippen LogP contribution in [0.3, 0.4) is 0 Å². The number of hydrogen-bond acceptors (Lipinski definition) is 7. The summed E-state index contributed by atoms with van der Waals surface area (Å²) in [5.74, 6) is -0.143. The van der Waals surface area contributed by atoms with Crippen molar-refractivity contribution in [2.45, 2.75) is 26.8 Å². The van der Waals surface area contributed by atoms with Crippen LogP contribution in [0.4, 0.5) is 10.7 Å². The molecule has 0 fully saturated rings. The molecule has 0 bridgehead atoms. The van der Waals surface area contributed by atoms with Crippen molar-refractivity contribution < 1.29 is 18.9 Å². The highest BCUT2D eigenvalue weighted by atomic mass is 16.6. The second-order valence-electron chi connectivity index (χ2n) is 4.99. The third kappa shape index (κ3) is 3.97. The Balaban J connectivity index is 2.30. The summed E-state index contributed by atoms with van der Waals surface area (Å²) >= 11 is 0. The molecule has 2 rings (SSSR count). The van der Waals surface area contributed by atoms with E-state index in [4.69, 9.17) is 4.42 Å². The van der Waals surface area contributed by atoms with Crippen molar-refractivity contribution in [1.29, 1.82) is 0 Å². The zero-order valence-corrected chi connectivity index (χ0v) is 13.4. The van der Waals surface area contributed by atoms with Crippen LogP contribution in [-0.2, 0) is 4.74 Å². The molecule has 0 saturated carbocycles. The van der Waals surface area contributed by atoms with Gasteiger partial charge < -0.3 is 9.15 Å². The molecule has 0 spiro atoms. The Morgan fingerprint density at radius 3 is 2.92 bits per heavy atom.